The lowest BCUT2D eigenvalue weighted by Crippen LogP contribution is -2.10. The van der Waals surface area contributed by atoms with Crippen LogP contribution >= 0.6 is 0 Å². The molecular weight excluding hydrogens is 374 g/mol. The summed E-state index contributed by atoms with van der Waals surface area (Å²) in [5.74, 6) is 0. The number of nitrogens with zero attached hydrogens (tertiary/aromatic N) is 1. The molecule has 0 unspecified atom stereocenters. The van der Waals surface area contributed by atoms with Gasteiger partial charge in [0.15, 0.2) is 0 Å². The van der Waals surface area contributed by atoms with Crippen LogP contribution in [0.4, 0.5) is 5.69 Å². The quantitative estimate of drug-likeness (QED) is 0.405. The predicted octanol–water partition coefficient (Wildman–Crippen LogP) is 10.2. The van der Waals surface area contributed by atoms with Crippen molar-refractivity contribution in [2.24, 2.45) is 0 Å². The molecule has 0 saturated heterocycles. The zero-order valence-electron chi connectivity index (χ0n) is 22.5. The van der Waals surface area contributed by atoms with Gasteiger partial charge in [0.2, 0.25) is 0 Å². The molecule has 174 valence electrons. The molecule has 1 nitrogen and oxygen atoms in total. The van der Waals surface area contributed by atoms with Crippen LogP contribution in [0.5, 0.6) is 0 Å². The summed E-state index contributed by atoms with van der Waals surface area (Å²) in [6.07, 6.45) is 0. The smallest absolute Gasteiger partial charge is 0.0446 e. The molecule has 0 fully saturated rings. The fraction of sp³-hybridized carbons (Fsp3) is 0.400. The first-order chi connectivity index (χ1) is 15.3. The number of benzene rings is 3. The minimum absolute atomic E-state index is 1.24. The topological polar surface area (TPSA) is 3.24 Å². The Bertz CT molecular complexity index is 716. The normalized spacial score (nSPS) is 8.00. The first kappa shape index (κ1) is 33.1. The van der Waals surface area contributed by atoms with Gasteiger partial charge in [0.25, 0.3) is 0 Å². The Morgan fingerprint density at radius 3 is 1.19 bits per heavy atom. The molecule has 3 rings (SSSR count). The van der Waals surface area contributed by atoms with Crippen molar-refractivity contribution in [3.8, 4) is 22.3 Å². The second-order valence-corrected chi connectivity index (χ2v) is 5.36. The summed E-state index contributed by atoms with van der Waals surface area (Å²) in [6.45, 7) is 20.0. The third-order valence-corrected chi connectivity index (χ3v) is 3.67. The van der Waals surface area contributed by atoms with Crippen LogP contribution in [-0.4, -0.2) is 14.1 Å². The van der Waals surface area contributed by atoms with E-state index >= 15 is 0 Å². The average Bonchev–Trinajstić information content (AvgIpc) is 2.90. The molecule has 3 aromatic rings. The van der Waals surface area contributed by atoms with Gasteiger partial charge in [-0.25, -0.2) is 0 Å². The van der Waals surface area contributed by atoms with Crippen LogP contribution in [0.1, 0.15) is 69.2 Å². The van der Waals surface area contributed by atoms with Crippen molar-refractivity contribution < 1.29 is 0 Å². The number of rotatable bonds is 3. The lowest BCUT2D eigenvalue weighted by atomic mass is 9.98. The lowest BCUT2D eigenvalue weighted by molar-refractivity contribution is 1.13. The Morgan fingerprint density at radius 1 is 0.419 bits per heavy atom. The van der Waals surface area contributed by atoms with E-state index in [4.69, 9.17) is 0 Å². The molecule has 0 aromatic heterocycles. The molecule has 0 aliphatic heterocycles. The summed E-state index contributed by atoms with van der Waals surface area (Å²) in [5, 5.41) is 0. The van der Waals surface area contributed by atoms with E-state index < -0.39 is 0 Å². The second-order valence-electron chi connectivity index (χ2n) is 5.36. The molecule has 3 aromatic carbocycles. The van der Waals surface area contributed by atoms with Gasteiger partial charge in [-0.1, -0.05) is 142 Å². The Labute approximate surface area is 195 Å². The van der Waals surface area contributed by atoms with Gasteiger partial charge < -0.3 is 4.90 Å². The minimum Gasteiger partial charge on any atom is -0.377 e. The van der Waals surface area contributed by atoms with E-state index in [1.807, 2.05) is 69.2 Å². The van der Waals surface area contributed by atoms with Crippen LogP contribution in [-0.2, 0) is 0 Å². The maximum Gasteiger partial charge on any atom is 0.0446 e. The molecule has 0 bridgehead atoms. The predicted molar refractivity (Wildman–Crippen MR) is 148 cm³/mol. The van der Waals surface area contributed by atoms with Gasteiger partial charge in [-0.2, -0.15) is 0 Å². The van der Waals surface area contributed by atoms with Gasteiger partial charge in [-0.05, 0) is 22.8 Å². The fourth-order valence-electron chi connectivity index (χ4n) is 2.57. The fourth-order valence-corrected chi connectivity index (χ4v) is 2.57. The molecule has 0 heterocycles. The highest BCUT2D eigenvalue weighted by Gasteiger charge is 2.08. The van der Waals surface area contributed by atoms with Gasteiger partial charge in [0.05, 0.1) is 0 Å². The van der Waals surface area contributed by atoms with Crippen LogP contribution in [0.25, 0.3) is 22.3 Å². The largest absolute Gasteiger partial charge is 0.377 e. The van der Waals surface area contributed by atoms with Gasteiger partial charge in [0, 0.05) is 25.3 Å². The van der Waals surface area contributed by atoms with E-state index in [0.717, 1.165) is 0 Å². The Kier molecular flexibility index (Phi) is 25.3. The Hall–Kier alpha value is -2.54. The molecule has 0 saturated carbocycles. The molecule has 0 N–H and O–H groups in total. The van der Waals surface area contributed by atoms with Crippen LogP contribution in [0, 0.1) is 0 Å². The van der Waals surface area contributed by atoms with Gasteiger partial charge >= 0.3 is 0 Å². The van der Waals surface area contributed by atoms with E-state index in [0.29, 0.717) is 0 Å². The van der Waals surface area contributed by atoms with Crippen molar-refractivity contribution >= 4 is 5.69 Å². The SMILES string of the molecule is CC.CC.CC.CC.CC.CN(C)c1cc(-c2ccccc2)ccc1-c1ccccc1. The van der Waals surface area contributed by atoms with Crippen molar-refractivity contribution in [1.29, 1.82) is 0 Å². The van der Waals surface area contributed by atoms with Crippen molar-refractivity contribution in [3.63, 3.8) is 0 Å². The monoisotopic (exact) mass is 423 g/mol. The zero-order valence-corrected chi connectivity index (χ0v) is 22.5. The number of hydrogen-bond acceptors (Lipinski definition) is 1. The average molecular weight is 424 g/mol. The molecule has 0 aliphatic carbocycles. The summed E-state index contributed by atoms with van der Waals surface area (Å²) >= 11 is 0. The van der Waals surface area contributed by atoms with Crippen molar-refractivity contribution in [3.05, 3.63) is 78.9 Å². The number of hydrogen-bond donors (Lipinski definition) is 0. The molecule has 0 spiro atoms. The van der Waals surface area contributed by atoms with E-state index in [-0.39, 0.29) is 0 Å². The molecule has 0 atom stereocenters. The van der Waals surface area contributed by atoms with Crippen molar-refractivity contribution in [1.82, 2.24) is 0 Å². The van der Waals surface area contributed by atoms with Crippen LogP contribution in [0.2, 0.25) is 0 Å². The summed E-state index contributed by atoms with van der Waals surface area (Å²) < 4.78 is 0. The van der Waals surface area contributed by atoms with E-state index in [2.05, 4.69) is 97.9 Å². The number of anilines is 1. The minimum atomic E-state index is 1.24. The zero-order chi connectivity index (χ0) is 24.7. The van der Waals surface area contributed by atoms with Gasteiger partial charge in [0.1, 0.15) is 0 Å². The highest BCUT2D eigenvalue weighted by molar-refractivity contribution is 5.83. The molecule has 31 heavy (non-hydrogen) atoms. The third kappa shape index (κ3) is 12.0. The van der Waals surface area contributed by atoms with E-state index in [9.17, 15) is 0 Å². The summed E-state index contributed by atoms with van der Waals surface area (Å²) in [7, 11) is 4.19. The van der Waals surface area contributed by atoms with Crippen LogP contribution in [0.15, 0.2) is 78.9 Å². The molecule has 1 heteroatoms. The molecule has 0 amide bonds. The van der Waals surface area contributed by atoms with Gasteiger partial charge in [-0.15, -0.1) is 0 Å². The summed E-state index contributed by atoms with van der Waals surface area (Å²) in [6, 6.07) is 27.7. The molecular formula is C30H49N. The van der Waals surface area contributed by atoms with Crippen molar-refractivity contribution in [2.45, 2.75) is 69.2 Å². The van der Waals surface area contributed by atoms with Crippen molar-refractivity contribution in [2.75, 3.05) is 19.0 Å². The maximum atomic E-state index is 2.26. The van der Waals surface area contributed by atoms with Crippen LogP contribution in [0.3, 0.4) is 0 Å². The Balaban J connectivity index is -0.000000692. The second kappa shape index (κ2) is 23.7. The van der Waals surface area contributed by atoms with Crippen LogP contribution < -0.4 is 4.90 Å². The van der Waals surface area contributed by atoms with Gasteiger partial charge in [-0.3, -0.25) is 0 Å². The lowest BCUT2D eigenvalue weighted by Gasteiger charge is -2.19. The Morgan fingerprint density at radius 2 is 0.806 bits per heavy atom. The third-order valence-electron chi connectivity index (χ3n) is 3.67. The molecule has 0 radical (unpaired) electrons. The summed E-state index contributed by atoms with van der Waals surface area (Å²) in [4.78, 5) is 2.18. The highest BCUT2D eigenvalue weighted by Crippen LogP contribution is 2.33. The highest BCUT2D eigenvalue weighted by atomic mass is 15.1. The van der Waals surface area contributed by atoms with E-state index in [1.165, 1.54) is 27.9 Å². The standard InChI is InChI=1S/C20H19N.5C2H6/c1-21(2)20-15-18(16-9-5-3-6-10-16)13-14-19(20)17-11-7-4-8-12-17;5*1-2/h3-15H,1-2H3;5*1-2H3. The van der Waals surface area contributed by atoms with E-state index in [1.54, 1.807) is 0 Å². The maximum absolute atomic E-state index is 2.26. The molecule has 0 aliphatic rings. The summed E-state index contributed by atoms with van der Waals surface area (Å²) in [5.41, 5.74) is 6.25. The first-order valence-corrected chi connectivity index (χ1v) is 12.2. The first-order valence-electron chi connectivity index (χ1n) is 12.2.